The topological polar surface area (TPSA) is 12.9 Å². The summed E-state index contributed by atoms with van der Waals surface area (Å²) in [6.45, 7) is 2.09. The molecule has 2 aromatic carbocycles. The Balaban J connectivity index is 2.01. The van der Waals surface area contributed by atoms with Crippen LogP contribution in [0.1, 0.15) is 6.93 Å². The standard InChI is InChI=1S/C18H15N/c1-14-8-10-15(11-9-14)16-5-4-6-17(13-16)18-7-2-3-12-19-18/h2-13H,1H3/i3D. The van der Waals surface area contributed by atoms with Gasteiger partial charge in [-0.1, -0.05) is 54.1 Å². The van der Waals surface area contributed by atoms with Crippen LogP contribution in [0.2, 0.25) is 0 Å². The maximum absolute atomic E-state index is 7.49. The highest BCUT2D eigenvalue weighted by Gasteiger charge is 2.01. The molecule has 0 unspecified atom stereocenters. The van der Waals surface area contributed by atoms with Gasteiger partial charge in [-0.05, 0) is 36.2 Å². The van der Waals surface area contributed by atoms with Gasteiger partial charge < -0.3 is 0 Å². The molecule has 0 spiro atoms. The van der Waals surface area contributed by atoms with Crippen molar-refractivity contribution in [2.45, 2.75) is 6.92 Å². The van der Waals surface area contributed by atoms with Gasteiger partial charge in [-0.2, -0.15) is 0 Å². The largest absolute Gasteiger partial charge is 0.256 e. The molecule has 0 aliphatic carbocycles. The Morgan fingerprint density at radius 3 is 2.37 bits per heavy atom. The molecule has 0 atom stereocenters. The van der Waals surface area contributed by atoms with E-state index in [4.69, 9.17) is 1.37 Å². The number of benzene rings is 2. The SMILES string of the molecule is [2H]c1ccc(-c2cccc(-c3ccc(C)cc3)c2)nc1. The molecule has 1 heteroatoms. The van der Waals surface area contributed by atoms with Crippen molar-refractivity contribution < 1.29 is 1.37 Å². The number of aryl methyl sites for hydroxylation is 1. The van der Waals surface area contributed by atoms with Crippen molar-refractivity contribution in [2.75, 3.05) is 0 Å². The summed E-state index contributed by atoms with van der Waals surface area (Å²) in [6, 6.07) is 20.9. The molecule has 0 saturated carbocycles. The van der Waals surface area contributed by atoms with Gasteiger partial charge in [-0.3, -0.25) is 4.98 Å². The minimum atomic E-state index is 0.434. The zero-order valence-corrected chi connectivity index (χ0v) is 10.8. The number of nitrogens with zero attached hydrogens (tertiary/aromatic N) is 1. The molecule has 19 heavy (non-hydrogen) atoms. The number of rotatable bonds is 2. The molecule has 3 aromatic rings. The van der Waals surface area contributed by atoms with Gasteiger partial charge in [0.1, 0.15) is 0 Å². The van der Waals surface area contributed by atoms with Crippen molar-refractivity contribution in [1.29, 1.82) is 0 Å². The van der Waals surface area contributed by atoms with Crippen molar-refractivity contribution in [3.05, 3.63) is 78.5 Å². The van der Waals surface area contributed by atoms with Crippen molar-refractivity contribution in [3.63, 3.8) is 0 Å². The molecule has 0 aliphatic rings. The molecule has 1 aromatic heterocycles. The molecule has 0 N–H and O–H groups in total. The van der Waals surface area contributed by atoms with Crippen LogP contribution >= 0.6 is 0 Å². The van der Waals surface area contributed by atoms with Gasteiger partial charge in [0.25, 0.3) is 0 Å². The van der Waals surface area contributed by atoms with Crippen molar-refractivity contribution in [1.82, 2.24) is 4.98 Å². The maximum atomic E-state index is 7.49. The van der Waals surface area contributed by atoms with Crippen LogP contribution in [-0.4, -0.2) is 4.98 Å². The van der Waals surface area contributed by atoms with E-state index in [0.717, 1.165) is 11.3 Å². The second kappa shape index (κ2) is 5.07. The van der Waals surface area contributed by atoms with E-state index in [1.165, 1.54) is 16.7 Å². The monoisotopic (exact) mass is 246 g/mol. The van der Waals surface area contributed by atoms with Gasteiger partial charge in [0.05, 0.1) is 7.06 Å². The minimum Gasteiger partial charge on any atom is -0.256 e. The first-order valence-electron chi connectivity index (χ1n) is 6.82. The lowest BCUT2D eigenvalue weighted by Gasteiger charge is -2.05. The summed E-state index contributed by atoms with van der Waals surface area (Å²) >= 11 is 0. The highest BCUT2D eigenvalue weighted by molar-refractivity contribution is 5.71. The van der Waals surface area contributed by atoms with Gasteiger partial charge in [0, 0.05) is 11.8 Å². The molecule has 0 fully saturated rings. The predicted molar refractivity (Wildman–Crippen MR) is 79.8 cm³/mol. The van der Waals surface area contributed by atoms with E-state index >= 15 is 0 Å². The number of hydrogen-bond donors (Lipinski definition) is 0. The summed E-state index contributed by atoms with van der Waals surface area (Å²) in [5, 5.41) is 0. The van der Waals surface area contributed by atoms with Crippen LogP contribution in [-0.2, 0) is 0 Å². The zero-order chi connectivity index (χ0) is 13.9. The van der Waals surface area contributed by atoms with E-state index in [9.17, 15) is 0 Å². The second-order valence-corrected chi connectivity index (χ2v) is 4.59. The molecule has 0 radical (unpaired) electrons. The third-order valence-electron chi connectivity index (χ3n) is 3.16. The fourth-order valence-corrected chi connectivity index (χ4v) is 2.09. The zero-order valence-electron chi connectivity index (χ0n) is 11.8. The highest BCUT2D eigenvalue weighted by Crippen LogP contribution is 2.25. The number of aromatic nitrogens is 1. The average Bonchev–Trinajstić information content (AvgIpc) is 2.49. The molecule has 1 heterocycles. The van der Waals surface area contributed by atoms with Gasteiger partial charge in [0.15, 0.2) is 0 Å². The summed E-state index contributed by atoms with van der Waals surface area (Å²) in [7, 11) is 0. The summed E-state index contributed by atoms with van der Waals surface area (Å²) in [4.78, 5) is 4.31. The summed E-state index contributed by atoms with van der Waals surface area (Å²) in [5.41, 5.74) is 5.62. The lowest BCUT2D eigenvalue weighted by molar-refractivity contribution is 1.33. The van der Waals surface area contributed by atoms with Crippen LogP contribution in [0, 0.1) is 6.92 Å². The third kappa shape index (κ3) is 2.55. The second-order valence-electron chi connectivity index (χ2n) is 4.59. The Morgan fingerprint density at radius 2 is 1.63 bits per heavy atom. The molecular weight excluding hydrogens is 230 g/mol. The van der Waals surface area contributed by atoms with Gasteiger partial charge in [-0.15, -0.1) is 0 Å². The Hall–Kier alpha value is -2.41. The first kappa shape index (κ1) is 10.5. The van der Waals surface area contributed by atoms with Gasteiger partial charge in [0.2, 0.25) is 0 Å². The van der Waals surface area contributed by atoms with Crippen LogP contribution in [0.5, 0.6) is 0 Å². The Morgan fingerprint density at radius 1 is 0.842 bits per heavy atom. The van der Waals surface area contributed by atoms with Crippen LogP contribution < -0.4 is 0 Å². The third-order valence-corrected chi connectivity index (χ3v) is 3.16. The van der Waals surface area contributed by atoms with Gasteiger partial charge in [-0.25, -0.2) is 0 Å². The summed E-state index contributed by atoms with van der Waals surface area (Å²) in [5.74, 6) is 0. The fourth-order valence-electron chi connectivity index (χ4n) is 2.09. The Bertz CT molecular complexity index is 654. The van der Waals surface area contributed by atoms with Crippen LogP contribution in [0.15, 0.2) is 72.9 Å². The molecular formula is C18H15N. The average molecular weight is 246 g/mol. The maximum Gasteiger partial charge on any atom is 0.0702 e. The molecule has 1 nitrogen and oxygen atoms in total. The first-order valence-corrected chi connectivity index (χ1v) is 6.32. The number of pyridine rings is 1. The summed E-state index contributed by atoms with van der Waals surface area (Å²) in [6.07, 6.45) is 1.58. The molecule has 0 saturated heterocycles. The van der Waals surface area contributed by atoms with E-state index < -0.39 is 0 Å². The van der Waals surface area contributed by atoms with E-state index in [2.05, 4.69) is 48.3 Å². The van der Waals surface area contributed by atoms with E-state index in [0.29, 0.717) is 6.04 Å². The van der Waals surface area contributed by atoms with Crippen LogP contribution in [0.3, 0.4) is 0 Å². The highest BCUT2D eigenvalue weighted by atomic mass is 14.7. The molecule has 0 bridgehead atoms. The fraction of sp³-hybridized carbons (Fsp3) is 0.0556. The number of hydrogen-bond acceptors (Lipinski definition) is 1. The quantitative estimate of drug-likeness (QED) is 0.637. The smallest absolute Gasteiger partial charge is 0.0702 e. The Kier molecular flexibility index (Phi) is 2.80. The predicted octanol–water partition coefficient (Wildman–Crippen LogP) is 4.72. The molecule has 92 valence electrons. The van der Waals surface area contributed by atoms with E-state index in [1.807, 2.05) is 18.2 Å². The van der Waals surface area contributed by atoms with Gasteiger partial charge >= 0.3 is 0 Å². The molecule has 0 aliphatic heterocycles. The Labute approximate surface area is 115 Å². The lowest BCUT2D eigenvalue weighted by atomic mass is 10.0. The molecule has 0 amide bonds. The van der Waals surface area contributed by atoms with Crippen molar-refractivity contribution in [3.8, 4) is 22.4 Å². The molecule has 3 rings (SSSR count). The van der Waals surface area contributed by atoms with Crippen LogP contribution in [0.25, 0.3) is 22.4 Å². The summed E-state index contributed by atoms with van der Waals surface area (Å²) < 4.78 is 7.49. The minimum absolute atomic E-state index is 0.434. The van der Waals surface area contributed by atoms with Crippen LogP contribution in [0.4, 0.5) is 0 Å². The van der Waals surface area contributed by atoms with Crippen molar-refractivity contribution in [2.24, 2.45) is 0 Å². The van der Waals surface area contributed by atoms with E-state index in [-0.39, 0.29) is 0 Å². The first-order chi connectivity index (χ1) is 9.72. The van der Waals surface area contributed by atoms with E-state index in [1.54, 1.807) is 12.3 Å². The lowest BCUT2D eigenvalue weighted by Crippen LogP contribution is -1.84. The normalized spacial score (nSPS) is 11.1. The van der Waals surface area contributed by atoms with Crippen molar-refractivity contribution >= 4 is 0 Å².